The van der Waals surface area contributed by atoms with E-state index in [-0.39, 0.29) is 23.5 Å². The molecule has 0 radical (unpaired) electrons. The number of hydrogen-bond donors (Lipinski definition) is 1. The number of carbonyl (C=O) groups excluding carboxylic acids is 2. The van der Waals surface area contributed by atoms with E-state index in [9.17, 15) is 14.4 Å². The lowest BCUT2D eigenvalue weighted by atomic mass is 9.96. The van der Waals surface area contributed by atoms with Crippen LogP contribution in [0.3, 0.4) is 0 Å². The number of nitrogens with zero attached hydrogens (tertiary/aromatic N) is 3. The Balaban J connectivity index is 1.76. The van der Waals surface area contributed by atoms with Gasteiger partial charge in [-0.1, -0.05) is 0 Å². The second-order valence-electron chi connectivity index (χ2n) is 5.98. The van der Waals surface area contributed by atoms with E-state index in [2.05, 4.69) is 4.98 Å². The Morgan fingerprint density at radius 3 is 2.72 bits per heavy atom. The highest BCUT2D eigenvalue weighted by Gasteiger charge is 2.28. The molecule has 1 fully saturated rings. The Hall–Kier alpha value is -2.90. The lowest BCUT2D eigenvalue weighted by Crippen LogP contribution is -2.40. The van der Waals surface area contributed by atoms with E-state index in [1.165, 1.54) is 16.8 Å². The number of ether oxygens (including phenoxy) is 1. The molecule has 2 N–H and O–H groups in total. The number of nitrogens with two attached hydrogens (primary N) is 1. The molecule has 0 aromatic carbocycles. The van der Waals surface area contributed by atoms with Crippen LogP contribution in [0, 0.1) is 5.92 Å². The summed E-state index contributed by atoms with van der Waals surface area (Å²) in [6.07, 6.45) is 3.92. The topological polar surface area (TPSA) is 107 Å². The van der Waals surface area contributed by atoms with Crippen LogP contribution in [0.15, 0.2) is 29.3 Å². The van der Waals surface area contributed by atoms with Crippen molar-refractivity contribution in [1.29, 1.82) is 0 Å². The molecule has 0 bridgehead atoms. The summed E-state index contributed by atoms with van der Waals surface area (Å²) >= 11 is 0. The highest BCUT2D eigenvalue weighted by atomic mass is 16.5. The predicted octanol–water partition coefficient (Wildman–Crippen LogP) is 0.692. The van der Waals surface area contributed by atoms with Gasteiger partial charge in [0.1, 0.15) is 11.3 Å². The van der Waals surface area contributed by atoms with Crippen molar-refractivity contribution in [2.24, 2.45) is 5.92 Å². The first kappa shape index (κ1) is 16.9. The van der Waals surface area contributed by atoms with E-state index in [1.54, 1.807) is 24.0 Å². The van der Waals surface area contributed by atoms with Crippen LogP contribution in [0.25, 0.3) is 5.65 Å². The van der Waals surface area contributed by atoms with Gasteiger partial charge in [-0.2, -0.15) is 0 Å². The van der Waals surface area contributed by atoms with Crippen LogP contribution >= 0.6 is 0 Å². The summed E-state index contributed by atoms with van der Waals surface area (Å²) in [4.78, 5) is 42.3. The van der Waals surface area contributed by atoms with Crippen molar-refractivity contribution < 1.29 is 14.3 Å². The van der Waals surface area contributed by atoms with E-state index < -0.39 is 5.56 Å². The van der Waals surface area contributed by atoms with E-state index >= 15 is 0 Å². The van der Waals surface area contributed by atoms with Crippen LogP contribution in [0.4, 0.5) is 5.69 Å². The first-order valence-corrected chi connectivity index (χ1v) is 8.24. The quantitative estimate of drug-likeness (QED) is 0.821. The molecule has 0 atom stereocenters. The molecule has 2 aromatic heterocycles. The average Bonchev–Trinajstić information content (AvgIpc) is 2.64. The summed E-state index contributed by atoms with van der Waals surface area (Å²) in [5, 5.41) is 0. The number of anilines is 1. The standard InChI is InChI=1S/C17H20N4O4/c1-2-25-17(24)11-5-7-20(8-6-11)15(22)12-3-4-14-19-9-13(18)16(23)21(14)10-12/h3-4,9-11H,2,5-8,18H2,1H3. The zero-order valence-electron chi connectivity index (χ0n) is 14.0. The van der Waals surface area contributed by atoms with Crippen molar-refractivity contribution in [2.75, 3.05) is 25.4 Å². The van der Waals surface area contributed by atoms with Crippen molar-refractivity contribution in [1.82, 2.24) is 14.3 Å². The van der Waals surface area contributed by atoms with Gasteiger partial charge < -0.3 is 15.4 Å². The van der Waals surface area contributed by atoms with Crippen molar-refractivity contribution >= 4 is 23.2 Å². The molecular weight excluding hydrogens is 324 g/mol. The van der Waals surface area contributed by atoms with Gasteiger partial charge in [0.2, 0.25) is 0 Å². The predicted molar refractivity (Wildman–Crippen MR) is 91.1 cm³/mol. The average molecular weight is 344 g/mol. The van der Waals surface area contributed by atoms with Crippen molar-refractivity contribution in [3.63, 3.8) is 0 Å². The lowest BCUT2D eigenvalue weighted by Gasteiger charge is -2.31. The molecule has 1 amide bonds. The summed E-state index contributed by atoms with van der Waals surface area (Å²) < 4.78 is 6.31. The highest BCUT2D eigenvalue weighted by Crippen LogP contribution is 2.20. The lowest BCUT2D eigenvalue weighted by molar-refractivity contribution is -0.149. The fraction of sp³-hybridized carbons (Fsp3) is 0.412. The third kappa shape index (κ3) is 3.33. The third-order valence-electron chi connectivity index (χ3n) is 4.38. The Morgan fingerprint density at radius 1 is 1.32 bits per heavy atom. The monoisotopic (exact) mass is 344 g/mol. The number of hydrogen-bond acceptors (Lipinski definition) is 6. The fourth-order valence-corrected chi connectivity index (χ4v) is 2.98. The number of rotatable bonds is 3. The van der Waals surface area contributed by atoms with Crippen LogP contribution < -0.4 is 11.3 Å². The zero-order valence-corrected chi connectivity index (χ0v) is 14.0. The molecule has 3 rings (SSSR count). The Morgan fingerprint density at radius 2 is 2.04 bits per heavy atom. The summed E-state index contributed by atoms with van der Waals surface area (Å²) in [5.74, 6) is -0.542. The Labute approximate surface area is 144 Å². The molecule has 0 aliphatic carbocycles. The van der Waals surface area contributed by atoms with E-state index in [1.807, 2.05) is 0 Å². The van der Waals surface area contributed by atoms with Crippen LogP contribution in [0.2, 0.25) is 0 Å². The SMILES string of the molecule is CCOC(=O)C1CCN(C(=O)c2ccc3ncc(N)c(=O)n3c2)CC1. The number of esters is 1. The molecule has 0 spiro atoms. The number of nitrogen functional groups attached to an aromatic ring is 1. The second kappa shape index (κ2) is 6.92. The molecule has 8 heteroatoms. The summed E-state index contributed by atoms with van der Waals surface area (Å²) in [5.41, 5.74) is 6.02. The van der Waals surface area contributed by atoms with Gasteiger partial charge in [0, 0.05) is 19.3 Å². The van der Waals surface area contributed by atoms with Crippen molar-refractivity contribution in [3.05, 3.63) is 40.4 Å². The molecular formula is C17H20N4O4. The normalized spacial score (nSPS) is 15.3. The minimum atomic E-state index is -0.402. The number of likely N-dealkylation sites (tertiary alicyclic amines) is 1. The van der Waals surface area contributed by atoms with Crippen molar-refractivity contribution in [3.8, 4) is 0 Å². The van der Waals surface area contributed by atoms with Crippen molar-refractivity contribution in [2.45, 2.75) is 19.8 Å². The van der Waals surface area contributed by atoms with Crippen LogP contribution in [-0.4, -0.2) is 45.9 Å². The number of fused-ring (bicyclic) bond motifs is 1. The van der Waals surface area contributed by atoms with Crippen LogP contribution in [0.1, 0.15) is 30.1 Å². The Kier molecular flexibility index (Phi) is 4.69. The van der Waals surface area contributed by atoms with Gasteiger partial charge in [-0.3, -0.25) is 18.8 Å². The maximum absolute atomic E-state index is 12.7. The minimum Gasteiger partial charge on any atom is -0.466 e. The maximum atomic E-state index is 12.7. The number of carbonyl (C=O) groups is 2. The van der Waals surface area contributed by atoms with Crippen LogP contribution in [-0.2, 0) is 9.53 Å². The fourth-order valence-electron chi connectivity index (χ4n) is 2.98. The van der Waals surface area contributed by atoms with Gasteiger partial charge in [-0.25, -0.2) is 4.98 Å². The van der Waals surface area contributed by atoms with E-state index in [0.717, 1.165) is 0 Å². The van der Waals surface area contributed by atoms with Gasteiger partial charge in [0.05, 0.1) is 24.3 Å². The molecule has 0 saturated carbocycles. The molecule has 1 aliphatic rings. The number of piperidine rings is 1. The number of pyridine rings is 1. The molecule has 0 unspecified atom stereocenters. The third-order valence-corrected chi connectivity index (χ3v) is 4.38. The van der Waals surface area contributed by atoms with E-state index in [0.29, 0.717) is 43.7 Å². The van der Waals surface area contributed by atoms with Gasteiger partial charge in [-0.15, -0.1) is 0 Å². The molecule has 25 heavy (non-hydrogen) atoms. The van der Waals surface area contributed by atoms with E-state index in [4.69, 9.17) is 10.5 Å². The van der Waals surface area contributed by atoms with Gasteiger partial charge >= 0.3 is 5.97 Å². The molecule has 3 heterocycles. The smallest absolute Gasteiger partial charge is 0.309 e. The molecule has 8 nitrogen and oxygen atoms in total. The minimum absolute atomic E-state index is 0.0253. The second-order valence-corrected chi connectivity index (χ2v) is 5.98. The van der Waals surface area contributed by atoms with Gasteiger partial charge in [0.15, 0.2) is 0 Å². The molecule has 132 valence electrons. The molecule has 1 aliphatic heterocycles. The summed E-state index contributed by atoms with van der Waals surface area (Å²) in [6.45, 7) is 3.09. The molecule has 1 saturated heterocycles. The van der Waals surface area contributed by atoms with Gasteiger partial charge in [-0.05, 0) is 31.9 Å². The first-order chi connectivity index (χ1) is 12.0. The Bertz CT molecular complexity index is 869. The zero-order chi connectivity index (χ0) is 18.0. The summed E-state index contributed by atoms with van der Waals surface area (Å²) in [6, 6.07) is 3.25. The largest absolute Gasteiger partial charge is 0.466 e. The van der Waals surface area contributed by atoms with Gasteiger partial charge in [0.25, 0.3) is 11.5 Å². The number of amides is 1. The summed E-state index contributed by atoms with van der Waals surface area (Å²) in [7, 11) is 0. The first-order valence-electron chi connectivity index (χ1n) is 8.24. The maximum Gasteiger partial charge on any atom is 0.309 e. The highest BCUT2D eigenvalue weighted by molar-refractivity contribution is 5.94. The number of aromatic nitrogens is 2. The van der Waals surface area contributed by atoms with Crippen LogP contribution in [0.5, 0.6) is 0 Å². The molecule has 2 aromatic rings.